The fourth-order valence-electron chi connectivity index (χ4n) is 2.30. The van der Waals surface area contributed by atoms with Crippen LogP contribution in [0.2, 0.25) is 0 Å². The monoisotopic (exact) mass is 328 g/mol. The van der Waals surface area contributed by atoms with Gasteiger partial charge in [0.05, 0.1) is 0 Å². The molecular weight excluding hydrogens is 307 g/mol. The van der Waals surface area contributed by atoms with Crippen molar-refractivity contribution in [2.24, 2.45) is 5.92 Å². The normalized spacial score (nSPS) is 11.9. The average molecular weight is 328 g/mol. The molecule has 0 aliphatic rings. The van der Waals surface area contributed by atoms with Crippen molar-refractivity contribution in [2.75, 3.05) is 5.32 Å². The number of anilines is 1. The topological polar surface area (TPSA) is 58.2 Å². The summed E-state index contributed by atoms with van der Waals surface area (Å²) in [6, 6.07) is 12.0. The number of halogens is 1. The standard InChI is InChI=1S/C19H21FN2O2/c1-12(2)17(19(24)21-16-9-7-15(20)8-10-16)22-18(23)14-6-4-5-13(3)11-14/h4-12,17H,1-3H3,(H,21,24)(H,22,23). The molecule has 24 heavy (non-hydrogen) atoms. The van der Waals surface area contributed by atoms with Gasteiger partial charge in [-0.2, -0.15) is 0 Å². The van der Waals surface area contributed by atoms with Gasteiger partial charge in [0, 0.05) is 11.3 Å². The molecule has 2 aromatic carbocycles. The Morgan fingerprint density at radius 3 is 2.29 bits per heavy atom. The first kappa shape index (κ1) is 17.7. The smallest absolute Gasteiger partial charge is 0.251 e. The van der Waals surface area contributed by atoms with Gasteiger partial charge in [-0.3, -0.25) is 9.59 Å². The number of benzene rings is 2. The maximum atomic E-state index is 12.9. The Bertz CT molecular complexity index is 726. The highest BCUT2D eigenvalue weighted by Crippen LogP contribution is 2.12. The van der Waals surface area contributed by atoms with E-state index in [2.05, 4.69) is 10.6 Å². The molecule has 4 nitrogen and oxygen atoms in total. The van der Waals surface area contributed by atoms with Crippen LogP contribution in [-0.4, -0.2) is 17.9 Å². The molecule has 2 aromatic rings. The van der Waals surface area contributed by atoms with E-state index in [0.717, 1.165) is 5.56 Å². The predicted octanol–water partition coefficient (Wildman–Crippen LogP) is 3.53. The van der Waals surface area contributed by atoms with E-state index in [1.807, 2.05) is 26.8 Å². The number of carbonyl (C=O) groups is 2. The number of rotatable bonds is 5. The molecule has 126 valence electrons. The van der Waals surface area contributed by atoms with Crippen LogP contribution in [0.4, 0.5) is 10.1 Å². The molecule has 1 atom stereocenters. The van der Waals surface area contributed by atoms with E-state index >= 15 is 0 Å². The average Bonchev–Trinajstić information content (AvgIpc) is 2.54. The summed E-state index contributed by atoms with van der Waals surface area (Å²) in [6.45, 7) is 5.61. The summed E-state index contributed by atoms with van der Waals surface area (Å²) < 4.78 is 12.9. The number of hydrogen-bond donors (Lipinski definition) is 2. The van der Waals surface area contributed by atoms with Crippen LogP contribution < -0.4 is 10.6 Å². The van der Waals surface area contributed by atoms with Crippen LogP contribution in [0.15, 0.2) is 48.5 Å². The Morgan fingerprint density at radius 1 is 1.04 bits per heavy atom. The van der Waals surface area contributed by atoms with Gasteiger partial charge < -0.3 is 10.6 Å². The lowest BCUT2D eigenvalue weighted by Gasteiger charge is -2.22. The summed E-state index contributed by atoms with van der Waals surface area (Å²) in [5.41, 5.74) is 1.96. The number of amides is 2. The third-order valence-corrected chi connectivity index (χ3v) is 3.63. The fraction of sp³-hybridized carbons (Fsp3) is 0.263. The van der Waals surface area contributed by atoms with Gasteiger partial charge in [-0.1, -0.05) is 31.5 Å². The molecule has 1 unspecified atom stereocenters. The molecule has 0 saturated carbocycles. The van der Waals surface area contributed by atoms with E-state index in [-0.39, 0.29) is 23.5 Å². The molecule has 0 saturated heterocycles. The summed E-state index contributed by atoms with van der Waals surface area (Å²) >= 11 is 0. The summed E-state index contributed by atoms with van der Waals surface area (Å²) in [5, 5.41) is 5.46. The van der Waals surface area contributed by atoms with Crippen molar-refractivity contribution in [1.82, 2.24) is 5.32 Å². The van der Waals surface area contributed by atoms with E-state index in [1.54, 1.807) is 18.2 Å². The zero-order chi connectivity index (χ0) is 17.7. The van der Waals surface area contributed by atoms with E-state index in [0.29, 0.717) is 11.3 Å². The number of carbonyl (C=O) groups excluding carboxylic acids is 2. The molecule has 5 heteroatoms. The molecule has 2 N–H and O–H groups in total. The molecule has 0 bridgehead atoms. The molecule has 2 rings (SSSR count). The van der Waals surface area contributed by atoms with E-state index in [4.69, 9.17) is 0 Å². The van der Waals surface area contributed by atoms with Crippen molar-refractivity contribution in [3.05, 3.63) is 65.5 Å². The van der Waals surface area contributed by atoms with Gasteiger partial charge in [-0.25, -0.2) is 4.39 Å². The summed E-state index contributed by atoms with van der Waals surface area (Å²) in [4.78, 5) is 24.8. The first-order valence-electron chi connectivity index (χ1n) is 7.81. The van der Waals surface area contributed by atoms with Crippen molar-refractivity contribution in [2.45, 2.75) is 26.8 Å². The maximum absolute atomic E-state index is 12.9. The zero-order valence-corrected chi connectivity index (χ0v) is 14.0. The Kier molecular flexibility index (Phi) is 5.68. The van der Waals surface area contributed by atoms with E-state index in [1.165, 1.54) is 24.3 Å². The van der Waals surface area contributed by atoms with Crippen LogP contribution in [0.5, 0.6) is 0 Å². The minimum absolute atomic E-state index is 0.0980. The Labute approximate surface area is 141 Å². The van der Waals surface area contributed by atoms with Crippen LogP contribution in [0.3, 0.4) is 0 Å². The Balaban J connectivity index is 2.09. The third-order valence-electron chi connectivity index (χ3n) is 3.63. The van der Waals surface area contributed by atoms with Gasteiger partial charge in [-0.15, -0.1) is 0 Å². The van der Waals surface area contributed by atoms with Gasteiger partial charge in [0.2, 0.25) is 5.91 Å². The highest BCUT2D eigenvalue weighted by Gasteiger charge is 2.24. The Morgan fingerprint density at radius 2 is 1.71 bits per heavy atom. The highest BCUT2D eigenvalue weighted by atomic mass is 19.1. The zero-order valence-electron chi connectivity index (χ0n) is 14.0. The molecular formula is C19H21FN2O2. The minimum atomic E-state index is -0.692. The third kappa shape index (κ3) is 4.65. The summed E-state index contributed by atoms with van der Waals surface area (Å²) in [6.07, 6.45) is 0. The molecule has 0 aliphatic heterocycles. The molecule has 0 fully saturated rings. The molecule has 0 aliphatic carbocycles. The van der Waals surface area contributed by atoms with Gasteiger partial charge in [-0.05, 0) is 49.2 Å². The fourth-order valence-corrected chi connectivity index (χ4v) is 2.30. The summed E-state index contributed by atoms with van der Waals surface area (Å²) in [5.74, 6) is -1.11. The van der Waals surface area contributed by atoms with Crippen molar-refractivity contribution < 1.29 is 14.0 Å². The lowest BCUT2D eigenvalue weighted by atomic mass is 10.0. The van der Waals surface area contributed by atoms with Crippen molar-refractivity contribution in [3.8, 4) is 0 Å². The van der Waals surface area contributed by atoms with Gasteiger partial charge in [0.1, 0.15) is 11.9 Å². The van der Waals surface area contributed by atoms with E-state index < -0.39 is 6.04 Å². The lowest BCUT2D eigenvalue weighted by Crippen LogP contribution is -2.47. The van der Waals surface area contributed by atoms with Crippen LogP contribution in [-0.2, 0) is 4.79 Å². The second-order valence-electron chi connectivity index (χ2n) is 6.06. The van der Waals surface area contributed by atoms with Crippen molar-refractivity contribution >= 4 is 17.5 Å². The predicted molar refractivity (Wildman–Crippen MR) is 92.3 cm³/mol. The van der Waals surface area contributed by atoms with Crippen LogP contribution in [0, 0.1) is 18.7 Å². The first-order valence-corrected chi connectivity index (χ1v) is 7.81. The van der Waals surface area contributed by atoms with Crippen LogP contribution in [0.1, 0.15) is 29.8 Å². The van der Waals surface area contributed by atoms with Crippen LogP contribution >= 0.6 is 0 Å². The number of nitrogens with one attached hydrogen (secondary N) is 2. The molecule has 0 spiro atoms. The molecule has 2 amide bonds. The Hall–Kier alpha value is -2.69. The quantitative estimate of drug-likeness (QED) is 0.882. The highest BCUT2D eigenvalue weighted by molar-refractivity contribution is 6.01. The van der Waals surface area contributed by atoms with Gasteiger partial charge in [0.25, 0.3) is 5.91 Å². The van der Waals surface area contributed by atoms with Crippen LogP contribution in [0.25, 0.3) is 0 Å². The van der Waals surface area contributed by atoms with Crippen molar-refractivity contribution in [3.63, 3.8) is 0 Å². The van der Waals surface area contributed by atoms with Gasteiger partial charge in [0.15, 0.2) is 0 Å². The SMILES string of the molecule is Cc1cccc(C(=O)NC(C(=O)Nc2ccc(F)cc2)C(C)C)c1. The van der Waals surface area contributed by atoms with Crippen molar-refractivity contribution in [1.29, 1.82) is 0 Å². The lowest BCUT2D eigenvalue weighted by molar-refractivity contribution is -0.118. The van der Waals surface area contributed by atoms with Gasteiger partial charge >= 0.3 is 0 Å². The molecule has 0 heterocycles. The second kappa shape index (κ2) is 7.73. The summed E-state index contributed by atoms with van der Waals surface area (Å²) in [7, 11) is 0. The second-order valence-corrected chi connectivity index (χ2v) is 6.06. The first-order chi connectivity index (χ1) is 11.4. The largest absolute Gasteiger partial charge is 0.340 e. The molecule has 0 aromatic heterocycles. The van der Waals surface area contributed by atoms with E-state index in [9.17, 15) is 14.0 Å². The maximum Gasteiger partial charge on any atom is 0.251 e. The number of aryl methyl sites for hydroxylation is 1. The molecule has 0 radical (unpaired) electrons. The number of hydrogen-bond acceptors (Lipinski definition) is 2. The minimum Gasteiger partial charge on any atom is -0.340 e.